The molecule has 0 radical (unpaired) electrons. The van der Waals surface area contributed by atoms with Gasteiger partial charge in [-0.05, 0) is 49.7 Å². The number of ether oxygens (including phenoxy) is 1. The minimum atomic E-state index is -0.438. The summed E-state index contributed by atoms with van der Waals surface area (Å²) in [7, 11) is 0. The van der Waals surface area contributed by atoms with Gasteiger partial charge in [0, 0.05) is 16.0 Å². The molecule has 1 heterocycles. The maximum Gasteiger partial charge on any atom is 0.340 e. The fraction of sp³-hybridized carbons (Fsp3) is 0.158. The van der Waals surface area contributed by atoms with Gasteiger partial charge < -0.3 is 10.5 Å². The quantitative estimate of drug-likeness (QED) is 0.500. The predicted molar refractivity (Wildman–Crippen MR) is 102 cm³/mol. The van der Waals surface area contributed by atoms with E-state index < -0.39 is 5.97 Å². The molecule has 4 nitrogen and oxygen atoms in total. The van der Waals surface area contributed by atoms with Crippen LogP contribution in [-0.2, 0) is 4.74 Å². The average Bonchev–Trinajstić information content (AvgIpc) is 2.58. The highest BCUT2D eigenvalue weighted by Crippen LogP contribution is 2.33. The van der Waals surface area contributed by atoms with E-state index in [1.165, 1.54) is 0 Å². The summed E-state index contributed by atoms with van der Waals surface area (Å²) in [5.41, 5.74) is 9.47. The Kier molecular flexibility index (Phi) is 4.84. The number of carbonyl (C=O) groups excluding carboxylic acids is 1. The minimum absolute atomic E-state index is 0.276. The number of benzene rings is 2. The Morgan fingerprint density at radius 1 is 1.20 bits per heavy atom. The van der Waals surface area contributed by atoms with Crippen LogP contribution < -0.4 is 5.73 Å². The van der Waals surface area contributed by atoms with Crippen LogP contribution in [0.2, 0.25) is 10.0 Å². The highest BCUT2D eigenvalue weighted by molar-refractivity contribution is 6.33. The number of nitrogens with two attached hydrogens (primary N) is 1. The third-order valence-corrected chi connectivity index (χ3v) is 4.43. The highest BCUT2D eigenvalue weighted by atomic mass is 35.5. The Labute approximate surface area is 155 Å². The van der Waals surface area contributed by atoms with Crippen LogP contribution in [0.5, 0.6) is 0 Å². The van der Waals surface area contributed by atoms with Crippen molar-refractivity contribution in [3.05, 3.63) is 57.6 Å². The van der Waals surface area contributed by atoms with Gasteiger partial charge >= 0.3 is 5.97 Å². The number of anilines is 1. The first-order valence-corrected chi connectivity index (χ1v) is 8.49. The van der Waals surface area contributed by atoms with Gasteiger partial charge in [-0.25, -0.2) is 9.78 Å². The second-order valence-corrected chi connectivity index (χ2v) is 6.47. The number of aryl methyl sites for hydroxylation is 1. The fourth-order valence-electron chi connectivity index (χ4n) is 2.62. The summed E-state index contributed by atoms with van der Waals surface area (Å²) in [4.78, 5) is 17.1. The molecule has 0 saturated heterocycles. The van der Waals surface area contributed by atoms with Crippen molar-refractivity contribution in [2.45, 2.75) is 13.8 Å². The van der Waals surface area contributed by atoms with E-state index in [0.29, 0.717) is 38.1 Å². The van der Waals surface area contributed by atoms with E-state index in [1.54, 1.807) is 31.2 Å². The molecule has 128 valence electrons. The fourth-order valence-corrected chi connectivity index (χ4v) is 3.05. The predicted octanol–water partition coefficient (Wildman–Crippen LogP) is 5.28. The minimum Gasteiger partial charge on any atom is -0.462 e. The molecule has 0 spiro atoms. The summed E-state index contributed by atoms with van der Waals surface area (Å²) in [5.74, 6) is -0.438. The van der Waals surface area contributed by atoms with Crippen molar-refractivity contribution in [3.63, 3.8) is 0 Å². The summed E-state index contributed by atoms with van der Waals surface area (Å²) in [5, 5.41) is 1.79. The lowest BCUT2D eigenvalue weighted by Gasteiger charge is -2.13. The zero-order valence-corrected chi connectivity index (χ0v) is 15.3. The molecule has 6 heteroatoms. The normalized spacial score (nSPS) is 10.9. The number of rotatable bonds is 3. The van der Waals surface area contributed by atoms with Gasteiger partial charge in [-0.3, -0.25) is 0 Å². The van der Waals surface area contributed by atoms with Gasteiger partial charge in [-0.15, -0.1) is 0 Å². The Morgan fingerprint density at radius 2 is 1.96 bits per heavy atom. The molecule has 0 bridgehead atoms. The van der Waals surface area contributed by atoms with Crippen LogP contribution in [-0.4, -0.2) is 17.6 Å². The Hall–Kier alpha value is -2.30. The van der Waals surface area contributed by atoms with Crippen molar-refractivity contribution in [3.8, 4) is 11.3 Å². The number of halogens is 2. The van der Waals surface area contributed by atoms with Crippen LogP contribution in [0.4, 0.5) is 5.69 Å². The van der Waals surface area contributed by atoms with E-state index in [2.05, 4.69) is 4.98 Å². The number of nitrogens with zero attached hydrogens (tertiary/aromatic N) is 1. The molecule has 0 unspecified atom stereocenters. The number of hydrogen-bond acceptors (Lipinski definition) is 4. The lowest BCUT2D eigenvalue weighted by Crippen LogP contribution is -2.08. The standard InChI is InChI=1S/C19H16Cl2N2O2/c1-3-25-19(24)14-7-11-4-5-13(20)9-16(11)23-18(14)12-6-10(2)17(22)15(21)8-12/h4-9H,3,22H2,1-2H3. The summed E-state index contributed by atoms with van der Waals surface area (Å²) in [6.07, 6.45) is 0. The zero-order chi connectivity index (χ0) is 18.1. The van der Waals surface area contributed by atoms with E-state index in [4.69, 9.17) is 33.7 Å². The molecule has 0 fully saturated rings. The van der Waals surface area contributed by atoms with Crippen LogP contribution in [0.1, 0.15) is 22.8 Å². The Morgan fingerprint density at radius 3 is 2.64 bits per heavy atom. The van der Waals surface area contributed by atoms with Gasteiger partial charge in [0.2, 0.25) is 0 Å². The number of fused-ring (bicyclic) bond motifs is 1. The first-order valence-electron chi connectivity index (χ1n) is 7.74. The van der Waals surface area contributed by atoms with Crippen molar-refractivity contribution in [2.24, 2.45) is 0 Å². The van der Waals surface area contributed by atoms with Crippen LogP contribution in [0.3, 0.4) is 0 Å². The number of aromatic nitrogens is 1. The third-order valence-electron chi connectivity index (χ3n) is 3.88. The number of carbonyl (C=O) groups is 1. The van der Waals surface area contributed by atoms with E-state index in [0.717, 1.165) is 10.9 Å². The molecule has 2 aromatic carbocycles. The number of hydrogen-bond donors (Lipinski definition) is 1. The second kappa shape index (κ2) is 6.90. The van der Waals surface area contributed by atoms with Crippen molar-refractivity contribution in [2.75, 3.05) is 12.3 Å². The summed E-state index contributed by atoms with van der Waals surface area (Å²) in [6, 6.07) is 10.6. The Balaban J connectivity index is 2.30. The molecule has 0 atom stereocenters. The largest absolute Gasteiger partial charge is 0.462 e. The molecule has 0 aliphatic rings. The molecule has 2 N–H and O–H groups in total. The van der Waals surface area contributed by atoms with E-state index in [9.17, 15) is 4.79 Å². The molecule has 3 rings (SSSR count). The maximum atomic E-state index is 12.4. The maximum absolute atomic E-state index is 12.4. The molecule has 3 aromatic rings. The number of nitrogen functional groups attached to an aromatic ring is 1. The molecular weight excluding hydrogens is 359 g/mol. The molecular formula is C19H16Cl2N2O2. The lowest BCUT2D eigenvalue weighted by atomic mass is 10.0. The summed E-state index contributed by atoms with van der Waals surface area (Å²) < 4.78 is 5.18. The van der Waals surface area contributed by atoms with Crippen LogP contribution in [0, 0.1) is 6.92 Å². The van der Waals surface area contributed by atoms with Crippen LogP contribution in [0.15, 0.2) is 36.4 Å². The topological polar surface area (TPSA) is 65.2 Å². The van der Waals surface area contributed by atoms with Crippen LogP contribution in [0.25, 0.3) is 22.2 Å². The van der Waals surface area contributed by atoms with Gasteiger partial charge in [0.25, 0.3) is 0 Å². The van der Waals surface area contributed by atoms with E-state index in [-0.39, 0.29) is 6.61 Å². The monoisotopic (exact) mass is 374 g/mol. The molecule has 0 aliphatic carbocycles. The molecule has 0 saturated carbocycles. The van der Waals surface area contributed by atoms with E-state index in [1.807, 2.05) is 19.1 Å². The zero-order valence-electron chi connectivity index (χ0n) is 13.8. The van der Waals surface area contributed by atoms with Crippen LogP contribution >= 0.6 is 23.2 Å². The number of esters is 1. The summed E-state index contributed by atoms with van der Waals surface area (Å²) >= 11 is 12.3. The smallest absolute Gasteiger partial charge is 0.340 e. The first kappa shape index (κ1) is 17.5. The van der Waals surface area contributed by atoms with Gasteiger partial charge in [-0.2, -0.15) is 0 Å². The van der Waals surface area contributed by atoms with Crippen molar-refractivity contribution in [1.29, 1.82) is 0 Å². The lowest BCUT2D eigenvalue weighted by molar-refractivity contribution is 0.0527. The van der Waals surface area contributed by atoms with E-state index >= 15 is 0 Å². The summed E-state index contributed by atoms with van der Waals surface area (Å²) in [6.45, 7) is 3.89. The Bertz CT molecular complexity index is 964. The molecule has 1 aromatic heterocycles. The average molecular weight is 375 g/mol. The van der Waals surface area contributed by atoms with Gasteiger partial charge in [0.15, 0.2) is 0 Å². The molecule has 25 heavy (non-hydrogen) atoms. The van der Waals surface area contributed by atoms with Crippen molar-refractivity contribution in [1.82, 2.24) is 4.98 Å². The molecule has 0 amide bonds. The molecule has 0 aliphatic heterocycles. The van der Waals surface area contributed by atoms with Gasteiger partial charge in [0.05, 0.1) is 34.1 Å². The first-order chi connectivity index (χ1) is 11.9. The SMILES string of the molecule is CCOC(=O)c1cc2ccc(Cl)cc2nc1-c1cc(C)c(N)c(Cl)c1. The van der Waals surface area contributed by atoms with Gasteiger partial charge in [-0.1, -0.05) is 29.3 Å². The number of pyridine rings is 1. The van der Waals surface area contributed by atoms with Crippen molar-refractivity contribution < 1.29 is 9.53 Å². The second-order valence-electron chi connectivity index (χ2n) is 5.63. The van der Waals surface area contributed by atoms with Crippen molar-refractivity contribution >= 4 is 45.8 Å². The highest BCUT2D eigenvalue weighted by Gasteiger charge is 2.18. The third kappa shape index (κ3) is 3.41. The van der Waals surface area contributed by atoms with Gasteiger partial charge in [0.1, 0.15) is 0 Å².